The normalized spacial score (nSPS) is 28.5. The maximum absolute atomic E-state index is 12.2. The number of aromatic nitrogens is 10. The number of aryl methyl sites for hydroxylation is 4. The number of hydrogen-bond donors (Lipinski definition) is 18. The van der Waals surface area contributed by atoms with E-state index in [1.807, 2.05) is 20.8 Å². The molecule has 6 fully saturated rings. The van der Waals surface area contributed by atoms with E-state index in [0.717, 1.165) is 71.8 Å². The molecule has 12 heterocycles. The van der Waals surface area contributed by atoms with Crippen LogP contribution in [0.5, 0.6) is 0 Å². The number of unbranched alkanes of at least 4 members (excludes halogenated alkanes) is 1. The number of hydrogen-bond acceptors (Lipinski definition) is 30. The average molecular weight is 2140 g/mol. The van der Waals surface area contributed by atoms with Crippen LogP contribution in [0, 0.1) is 0 Å². The van der Waals surface area contributed by atoms with E-state index in [2.05, 4.69) is 168 Å². The second kappa shape index (κ2) is 52.9. The predicted octanol–water partition coefficient (Wildman–Crippen LogP) is 1.71. The Bertz CT molecular complexity index is 6090. The van der Waals surface area contributed by atoms with E-state index in [9.17, 15) is 114 Å². The van der Waals surface area contributed by atoms with Gasteiger partial charge < -0.3 is 99.9 Å². The lowest BCUT2D eigenvalue weighted by atomic mass is 9.95. The number of carbonyl (C=O) groups excluding carboxylic acids is 1. The van der Waals surface area contributed by atoms with Crippen LogP contribution in [0.4, 0.5) is 0 Å². The number of amides is 1. The van der Waals surface area contributed by atoms with E-state index >= 15 is 0 Å². The number of H-pyrrole nitrogens is 5. The number of carbonyl (C=O) groups is 1. The number of aromatic amines is 5. The molecule has 7 aliphatic heterocycles. The van der Waals surface area contributed by atoms with Gasteiger partial charge in [0.15, 0.2) is 37.4 Å². The van der Waals surface area contributed by atoms with Gasteiger partial charge in [-0.3, -0.25) is 76.5 Å². The molecular weight excluding hydrogens is 1980 g/mol. The second-order valence-corrected chi connectivity index (χ2v) is 68.2. The lowest BCUT2D eigenvalue weighted by Crippen LogP contribution is -2.53. The summed E-state index contributed by atoms with van der Waals surface area (Å²) in [6.45, 7) is 35.8. The Morgan fingerprint density at radius 1 is 0.354 bits per heavy atom. The minimum Gasteiger partial charge on any atom is -0.388 e. The molecule has 812 valence electrons. The number of nitrogens with one attached hydrogen (secondary N) is 6. The summed E-state index contributed by atoms with van der Waals surface area (Å²) < 4.78 is 40.5. The summed E-state index contributed by atoms with van der Waals surface area (Å²) in [4.78, 5) is 144. The second-order valence-electron chi connectivity index (χ2n) is 42.3. The molecule has 0 aromatic carbocycles. The van der Waals surface area contributed by atoms with Crippen molar-refractivity contribution in [2.75, 3.05) is 117 Å². The van der Waals surface area contributed by atoms with Crippen molar-refractivity contribution in [3.05, 3.63) is 213 Å². The van der Waals surface area contributed by atoms with Gasteiger partial charge in [-0.1, -0.05) is 58.8 Å². The van der Waals surface area contributed by atoms with Crippen molar-refractivity contribution in [2.24, 2.45) is 0 Å². The molecule has 1 amide bonds. The van der Waals surface area contributed by atoms with Gasteiger partial charge in [-0.2, -0.15) is 0 Å². The molecule has 12 rings (SSSR count). The van der Waals surface area contributed by atoms with Gasteiger partial charge in [0.05, 0.1) is 36.6 Å². The van der Waals surface area contributed by atoms with E-state index in [1.54, 1.807) is 12.2 Å². The Labute approximate surface area is 840 Å². The zero-order chi connectivity index (χ0) is 108. The van der Waals surface area contributed by atoms with Gasteiger partial charge in [0, 0.05) is 71.1 Å². The molecule has 0 bridgehead atoms. The third kappa shape index (κ3) is 34.9. The minimum absolute atomic E-state index is 0.278. The summed E-state index contributed by atoms with van der Waals surface area (Å²) in [6, 6.07) is 0. The highest BCUT2D eigenvalue weighted by molar-refractivity contribution is 7.73. The maximum Gasteiger partial charge on any atom is 0.330 e. The van der Waals surface area contributed by atoms with Crippen molar-refractivity contribution in [3.8, 4) is 0 Å². The fraction of sp³-hybridized carbons (Fsp3) is 0.639. The fourth-order valence-corrected chi connectivity index (χ4v) is 22.5. The zero-order valence-corrected chi connectivity index (χ0v) is 91.4. The van der Waals surface area contributed by atoms with Crippen molar-refractivity contribution in [3.63, 3.8) is 0 Å². The maximum atomic E-state index is 12.2. The summed E-state index contributed by atoms with van der Waals surface area (Å²) >= 11 is 0. The number of allylic oxidation sites excluding steroid dienone is 2. The molecule has 0 spiro atoms. The van der Waals surface area contributed by atoms with E-state index in [0.29, 0.717) is 104 Å². The standard InChI is InChI=1S/C17H29N2O5P.C17H27N2O5P.2C16H27N2O5P.C16H25N2O5P.C15H25N2O4P/c2*1-5-6-7-11-10-19(17(23)18-15(11)22)16-14(21)13(20)12(24-16)8-9-25(2,3)4;3*1-5-6-10-9-18(16(22)17-14(10)21)15-13(20)12(19)11(23-15)7-8-24(2,3)4;1-10-16-12(18)6-8-17(10)14-15(2,20)13(19)11(21-14)7-9-22(3,4)5/h10,12-14,16,20-21H,2,5-9H2,1,3-4H3,(H,18,22,23);5,10,12-14,16,20-21H,1-2,6-9H2,3-4H3,(H,18,22,23);2*9,11-13,15,19-20H,2,5-8H2,1,3-4H3,(H,17,21,22);5,9,11-13,15,19-20H,1-2,6-8H2,3-4H3,(H,17,21,22);6,8,11,13-14,19-20H,1,3,7,9H2,2,4-5H3,(H,16,18)/t2*12-,13-,14-,16-;3*11-,12-,13-,15-;11-,13-,14-,15-/m111111/s1. The largest absolute Gasteiger partial charge is 0.388 e. The molecule has 18 N–H and O–H groups in total. The fourth-order valence-electron chi connectivity index (χ4n) is 16.8. The summed E-state index contributed by atoms with van der Waals surface area (Å²) in [5, 5.41) is 126. The van der Waals surface area contributed by atoms with Crippen molar-refractivity contribution >= 4 is 85.0 Å². The molecule has 144 heavy (non-hydrogen) atoms. The molecule has 0 radical (unpaired) electrons. The molecule has 24 atom stereocenters. The first-order valence-corrected chi connectivity index (χ1v) is 66.6. The Kier molecular flexibility index (Phi) is 45.4. The Balaban J connectivity index is 0.000000234. The quantitative estimate of drug-likeness (QED) is 0.0200. The molecular formula is C97H160N12O29P6. The Morgan fingerprint density at radius 3 is 0.847 bits per heavy atom. The smallest absolute Gasteiger partial charge is 0.330 e. The number of ether oxygens (including phenoxy) is 6. The van der Waals surface area contributed by atoms with Crippen LogP contribution in [0.3, 0.4) is 0 Å². The van der Waals surface area contributed by atoms with Crippen molar-refractivity contribution < 1.29 is 94.5 Å². The summed E-state index contributed by atoms with van der Waals surface area (Å²) in [5.41, 5.74) is -4.88. The van der Waals surface area contributed by atoms with E-state index < -0.39 is 244 Å². The highest BCUT2D eigenvalue weighted by atomic mass is 31.2. The van der Waals surface area contributed by atoms with Crippen LogP contribution in [-0.4, -0.2) is 390 Å². The predicted molar refractivity (Wildman–Crippen MR) is 581 cm³/mol. The van der Waals surface area contributed by atoms with Crippen LogP contribution in [-0.2, 0) is 65.3 Å². The van der Waals surface area contributed by atoms with Crippen molar-refractivity contribution in [1.82, 2.24) is 58.0 Å². The summed E-state index contributed by atoms with van der Waals surface area (Å²) in [7, 11) is 0. The first-order valence-electron chi connectivity index (χ1n) is 48.3. The van der Waals surface area contributed by atoms with E-state index in [1.165, 1.54) is 68.8 Å². The van der Waals surface area contributed by atoms with E-state index in [-0.39, 0.29) is 12.3 Å². The SMILES string of the molecule is C=C1NC(=O)C=CN1[C@@H]1O[C@H](CCP(=C)(C)C)[C@@H](O)[C@@]1(C)O.C=CCCc1cn([C@@H]2O[C@H](CCP(=C)(C)C)[C@@H](O)[C@H]2O)c(=O)[nH]c1=O.C=CCc1cn([C@@H]2O[C@H](CCP(=C)(C)C)[C@@H](O)[C@H]2O)c(=O)[nH]c1=O.C=P(C)(C)CC[C@H]1O[C@@H](n2cc(CCC)c(=O)[nH]c2=O)[C@H](O)[C@@H]1O.C=P(C)(C)CC[C@H]1O[C@@H](n2cc(CCC)c(=O)[nH]c2=O)[C@H](O)[C@@H]1O.C=P(C)(C)CC[C@H]1O[C@@H](n2cc(CCCC)c(=O)[nH]c2=O)[C@H](O)[C@@H]1O. The third-order valence-electron chi connectivity index (χ3n) is 25.2. The topological polar surface area (TPSA) is 605 Å². The number of rotatable bonds is 36. The number of aliphatic hydroxyl groups is 12. The number of nitrogens with zero attached hydrogens (tertiary/aromatic N) is 6. The minimum atomic E-state index is -1.47. The summed E-state index contributed by atoms with van der Waals surface area (Å²) in [5.74, 6) is 0.0372. The zero-order valence-electron chi connectivity index (χ0n) is 86.1. The molecule has 0 unspecified atom stereocenters. The van der Waals surface area contributed by atoms with Crippen LogP contribution in [0.15, 0.2) is 129 Å². The first-order chi connectivity index (χ1) is 66.7. The van der Waals surface area contributed by atoms with Gasteiger partial charge in [0.25, 0.3) is 33.7 Å². The van der Waals surface area contributed by atoms with Gasteiger partial charge in [0.1, 0.15) is 78.6 Å². The third-order valence-corrected chi connectivity index (χ3v) is 34.0. The molecule has 6 saturated heterocycles. The molecule has 0 saturated carbocycles. The van der Waals surface area contributed by atoms with Crippen molar-refractivity contribution in [2.45, 2.75) is 277 Å². The highest BCUT2D eigenvalue weighted by Gasteiger charge is 2.55. The van der Waals surface area contributed by atoms with Gasteiger partial charge in [-0.05, 0) is 207 Å². The van der Waals surface area contributed by atoms with Crippen LogP contribution in [0.25, 0.3) is 0 Å². The van der Waals surface area contributed by atoms with Crippen LogP contribution < -0.4 is 61.6 Å². The Hall–Kier alpha value is -7.29. The number of aliphatic hydroxyl groups excluding tert-OH is 11. The molecule has 7 aliphatic rings. The molecule has 47 heteroatoms. The van der Waals surface area contributed by atoms with Crippen LogP contribution >= 0.6 is 41.3 Å². The van der Waals surface area contributed by atoms with Crippen molar-refractivity contribution in [1.29, 1.82) is 0 Å². The van der Waals surface area contributed by atoms with Gasteiger partial charge in [-0.15, -0.1) is 92.3 Å². The van der Waals surface area contributed by atoms with E-state index in [4.69, 9.17) is 28.4 Å². The molecule has 5 aromatic heterocycles. The first kappa shape index (κ1) is 124. The van der Waals surface area contributed by atoms with Gasteiger partial charge >= 0.3 is 28.4 Å². The molecule has 41 nitrogen and oxygen atoms in total. The lowest BCUT2D eigenvalue weighted by Gasteiger charge is -2.37. The lowest BCUT2D eigenvalue weighted by molar-refractivity contribution is -0.123. The van der Waals surface area contributed by atoms with Gasteiger partial charge in [-0.25, -0.2) is 24.0 Å². The Morgan fingerprint density at radius 2 is 0.604 bits per heavy atom. The van der Waals surface area contributed by atoms with Crippen LogP contribution in [0.2, 0.25) is 0 Å². The average Bonchev–Trinajstić information content (AvgIpc) is 1.61. The highest BCUT2D eigenvalue weighted by Crippen LogP contribution is 2.46. The van der Waals surface area contributed by atoms with Gasteiger partial charge in [0.2, 0.25) is 0 Å². The monoisotopic (exact) mass is 2140 g/mol. The molecule has 0 aliphatic carbocycles. The van der Waals surface area contributed by atoms with Crippen LogP contribution in [0.1, 0.15) is 157 Å². The molecule has 5 aromatic rings. The summed E-state index contributed by atoms with van der Waals surface area (Å²) in [6.07, 6.45) is 30.6.